The van der Waals surface area contributed by atoms with Crippen LogP contribution in [0.15, 0.2) is 35.5 Å². The Kier molecular flexibility index (Phi) is 4.01. The van der Waals surface area contributed by atoms with E-state index in [1.807, 2.05) is 0 Å². The van der Waals surface area contributed by atoms with E-state index < -0.39 is 0 Å². The molecule has 25 heavy (non-hydrogen) atoms. The van der Waals surface area contributed by atoms with E-state index in [9.17, 15) is 4.79 Å². The highest BCUT2D eigenvalue weighted by molar-refractivity contribution is 7.99. The molecule has 6 nitrogen and oxygen atoms in total. The maximum Gasteiger partial charge on any atom is 0.234 e. The van der Waals surface area contributed by atoms with Gasteiger partial charge in [0.05, 0.1) is 16.8 Å². The van der Waals surface area contributed by atoms with Crippen LogP contribution in [0.3, 0.4) is 0 Å². The molecule has 0 bridgehead atoms. The van der Waals surface area contributed by atoms with Gasteiger partial charge in [-0.15, -0.1) is 0 Å². The quantitative estimate of drug-likeness (QED) is 0.699. The molecule has 1 aliphatic heterocycles. The standard InChI is InChI=1S/C18H17N3O3S/c1-10-5-13-14(6-11(10)2)21-18(20-13)25-8-17(22)19-12-3-4-15-16(7-12)24-9-23-15/h3-7H,8-9H2,1-2H3,(H,19,22)(H,20,21). The lowest BCUT2D eigenvalue weighted by molar-refractivity contribution is -0.113. The number of nitrogens with one attached hydrogen (secondary N) is 2. The van der Waals surface area contributed by atoms with Gasteiger partial charge >= 0.3 is 0 Å². The molecule has 2 N–H and O–H groups in total. The van der Waals surface area contributed by atoms with Gasteiger partial charge in [-0.25, -0.2) is 4.98 Å². The summed E-state index contributed by atoms with van der Waals surface area (Å²) in [5, 5.41) is 3.59. The fraction of sp³-hybridized carbons (Fsp3) is 0.222. The molecule has 0 saturated heterocycles. The number of ether oxygens (including phenoxy) is 2. The molecular weight excluding hydrogens is 338 g/mol. The minimum atomic E-state index is -0.100. The van der Waals surface area contributed by atoms with Crippen molar-refractivity contribution in [3.8, 4) is 11.5 Å². The average molecular weight is 355 g/mol. The lowest BCUT2D eigenvalue weighted by atomic mass is 10.1. The molecule has 2 heterocycles. The molecule has 4 rings (SSSR count). The number of carbonyl (C=O) groups excluding carboxylic acids is 1. The van der Waals surface area contributed by atoms with Crippen molar-refractivity contribution in [2.24, 2.45) is 0 Å². The molecule has 0 atom stereocenters. The number of nitrogens with zero attached hydrogens (tertiary/aromatic N) is 1. The molecule has 0 fully saturated rings. The van der Waals surface area contributed by atoms with Crippen LogP contribution < -0.4 is 14.8 Å². The van der Waals surface area contributed by atoms with Gasteiger partial charge in [0.15, 0.2) is 16.7 Å². The first kappa shape index (κ1) is 15.8. The second-order valence-corrected chi connectivity index (χ2v) is 6.86. The highest BCUT2D eigenvalue weighted by Crippen LogP contribution is 2.34. The summed E-state index contributed by atoms with van der Waals surface area (Å²) in [7, 11) is 0. The molecule has 128 valence electrons. The van der Waals surface area contributed by atoms with E-state index in [4.69, 9.17) is 9.47 Å². The zero-order valence-electron chi connectivity index (χ0n) is 13.9. The summed E-state index contributed by atoms with van der Waals surface area (Å²) in [5.41, 5.74) is 5.01. The molecule has 0 radical (unpaired) electrons. The molecule has 1 aromatic heterocycles. The van der Waals surface area contributed by atoms with Crippen LogP contribution in [-0.2, 0) is 4.79 Å². The van der Waals surface area contributed by atoms with Crippen molar-refractivity contribution in [2.75, 3.05) is 17.9 Å². The summed E-state index contributed by atoms with van der Waals surface area (Å²) in [4.78, 5) is 19.9. The van der Waals surface area contributed by atoms with Crippen LogP contribution in [0.1, 0.15) is 11.1 Å². The van der Waals surface area contributed by atoms with Gasteiger partial charge in [0.25, 0.3) is 0 Å². The summed E-state index contributed by atoms with van der Waals surface area (Å²) in [6.45, 7) is 4.35. The molecule has 7 heteroatoms. The smallest absolute Gasteiger partial charge is 0.234 e. The number of aromatic amines is 1. The Morgan fingerprint density at radius 2 is 2.00 bits per heavy atom. The van der Waals surface area contributed by atoms with E-state index in [2.05, 4.69) is 41.3 Å². The normalized spacial score (nSPS) is 12.6. The van der Waals surface area contributed by atoms with Gasteiger partial charge in [-0.05, 0) is 49.2 Å². The fourth-order valence-corrected chi connectivity index (χ4v) is 3.30. The minimum Gasteiger partial charge on any atom is -0.454 e. The first-order valence-corrected chi connectivity index (χ1v) is 8.86. The van der Waals surface area contributed by atoms with Crippen molar-refractivity contribution < 1.29 is 14.3 Å². The number of thioether (sulfide) groups is 1. The SMILES string of the molecule is Cc1cc2nc(SCC(=O)Nc3ccc4c(c3)OCO4)[nH]c2cc1C. The van der Waals surface area contributed by atoms with Crippen molar-refractivity contribution in [2.45, 2.75) is 19.0 Å². The highest BCUT2D eigenvalue weighted by atomic mass is 32.2. The van der Waals surface area contributed by atoms with Gasteiger partial charge in [0.2, 0.25) is 12.7 Å². The van der Waals surface area contributed by atoms with Crippen molar-refractivity contribution >= 4 is 34.4 Å². The van der Waals surface area contributed by atoms with Crippen molar-refractivity contribution in [3.63, 3.8) is 0 Å². The molecule has 1 aliphatic rings. The van der Waals surface area contributed by atoms with Gasteiger partial charge in [0.1, 0.15) is 0 Å². The lowest BCUT2D eigenvalue weighted by Gasteiger charge is -2.05. The number of hydrogen-bond donors (Lipinski definition) is 2. The Hall–Kier alpha value is -2.67. The second-order valence-electron chi connectivity index (χ2n) is 5.90. The third-order valence-corrected chi connectivity index (χ3v) is 4.95. The molecular formula is C18H17N3O3S. The van der Waals surface area contributed by atoms with Crippen LogP contribution in [0.25, 0.3) is 11.0 Å². The molecule has 0 saturated carbocycles. The minimum absolute atomic E-state index is 0.100. The molecule has 1 amide bonds. The summed E-state index contributed by atoms with van der Waals surface area (Å²) < 4.78 is 10.6. The number of hydrogen-bond acceptors (Lipinski definition) is 5. The number of aromatic nitrogens is 2. The van der Waals surface area contributed by atoms with Gasteiger partial charge < -0.3 is 19.8 Å². The number of amides is 1. The van der Waals surface area contributed by atoms with Crippen LogP contribution >= 0.6 is 11.8 Å². The van der Waals surface area contributed by atoms with E-state index in [0.29, 0.717) is 17.2 Å². The van der Waals surface area contributed by atoms with Crippen LogP contribution in [0.5, 0.6) is 11.5 Å². The van der Waals surface area contributed by atoms with Crippen LogP contribution in [0, 0.1) is 13.8 Å². The second kappa shape index (κ2) is 6.33. The lowest BCUT2D eigenvalue weighted by Crippen LogP contribution is -2.14. The maximum absolute atomic E-state index is 12.2. The number of carbonyl (C=O) groups is 1. The fourth-order valence-electron chi connectivity index (χ4n) is 2.62. The molecule has 3 aromatic rings. The molecule has 0 spiro atoms. The summed E-state index contributed by atoms with van der Waals surface area (Å²) in [6.07, 6.45) is 0. The van der Waals surface area contributed by atoms with E-state index in [1.54, 1.807) is 18.2 Å². The van der Waals surface area contributed by atoms with Gasteiger partial charge in [-0.2, -0.15) is 0 Å². The highest BCUT2D eigenvalue weighted by Gasteiger charge is 2.14. The summed E-state index contributed by atoms with van der Waals surface area (Å²) >= 11 is 1.38. The van der Waals surface area contributed by atoms with E-state index in [1.165, 1.54) is 22.9 Å². The Bertz CT molecular complexity index is 929. The van der Waals surface area contributed by atoms with Crippen molar-refractivity contribution in [1.29, 1.82) is 0 Å². The monoisotopic (exact) mass is 355 g/mol. The molecule has 0 aliphatic carbocycles. The van der Waals surface area contributed by atoms with Gasteiger partial charge in [-0.3, -0.25) is 4.79 Å². The third kappa shape index (κ3) is 3.28. The summed E-state index contributed by atoms with van der Waals surface area (Å²) in [6, 6.07) is 9.47. The van der Waals surface area contributed by atoms with E-state index in [-0.39, 0.29) is 18.5 Å². The number of H-pyrrole nitrogens is 1. The Balaban J connectivity index is 1.40. The predicted molar refractivity (Wildman–Crippen MR) is 97.5 cm³/mol. The molecule has 2 aromatic carbocycles. The van der Waals surface area contributed by atoms with Crippen molar-refractivity contribution in [1.82, 2.24) is 9.97 Å². The maximum atomic E-state index is 12.2. The van der Waals surface area contributed by atoms with Crippen LogP contribution in [0.4, 0.5) is 5.69 Å². The Labute approximate surface area is 148 Å². The van der Waals surface area contributed by atoms with E-state index in [0.717, 1.165) is 16.2 Å². The van der Waals surface area contributed by atoms with Crippen molar-refractivity contribution in [3.05, 3.63) is 41.5 Å². The number of fused-ring (bicyclic) bond motifs is 2. The number of benzene rings is 2. The number of anilines is 1. The average Bonchev–Trinajstić information content (AvgIpc) is 3.19. The molecule has 0 unspecified atom stereocenters. The summed E-state index contributed by atoms with van der Waals surface area (Å²) in [5.74, 6) is 1.51. The predicted octanol–water partition coefficient (Wildman–Crippen LogP) is 3.64. The Morgan fingerprint density at radius 1 is 1.20 bits per heavy atom. The van der Waals surface area contributed by atoms with Gasteiger partial charge in [0, 0.05) is 11.8 Å². The number of aryl methyl sites for hydroxylation is 2. The largest absolute Gasteiger partial charge is 0.454 e. The Morgan fingerprint density at radius 3 is 2.88 bits per heavy atom. The number of imidazole rings is 1. The van der Waals surface area contributed by atoms with Crippen LogP contribution in [-0.4, -0.2) is 28.4 Å². The van der Waals surface area contributed by atoms with Gasteiger partial charge in [-0.1, -0.05) is 11.8 Å². The first-order valence-electron chi connectivity index (χ1n) is 7.88. The van der Waals surface area contributed by atoms with E-state index >= 15 is 0 Å². The topological polar surface area (TPSA) is 76.2 Å². The first-order chi connectivity index (χ1) is 12.1. The van der Waals surface area contributed by atoms with Crippen LogP contribution in [0.2, 0.25) is 0 Å². The zero-order valence-corrected chi connectivity index (χ0v) is 14.7. The third-order valence-electron chi connectivity index (χ3n) is 4.07. The number of rotatable bonds is 4. The zero-order chi connectivity index (χ0) is 17.4.